The van der Waals surface area contributed by atoms with Crippen molar-refractivity contribution < 1.29 is 19.1 Å². The molecular weight excluding hydrogens is 286 g/mol. The van der Waals surface area contributed by atoms with Gasteiger partial charge in [0.2, 0.25) is 5.91 Å². The molecule has 7 heteroatoms. The van der Waals surface area contributed by atoms with Crippen molar-refractivity contribution in [3.63, 3.8) is 0 Å². The first-order chi connectivity index (χ1) is 10.5. The van der Waals surface area contributed by atoms with E-state index in [4.69, 9.17) is 4.74 Å². The van der Waals surface area contributed by atoms with Crippen LogP contribution >= 0.6 is 0 Å². The zero-order chi connectivity index (χ0) is 15.9. The summed E-state index contributed by atoms with van der Waals surface area (Å²) in [6, 6.07) is 4.98. The second kappa shape index (κ2) is 5.18. The number of imide groups is 1. The molecule has 3 rings (SSSR count). The molecule has 22 heavy (non-hydrogen) atoms. The number of fused-ring (bicyclic) bond motifs is 1. The Hall–Kier alpha value is -2.83. The summed E-state index contributed by atoms with van der Waals surface area (Å²) in [6.45, 7) is 2.22. The topological polar surface area (TPSA) is 80.6 Å². The van der Waals surface area contributed by atoms with E-state index in [1.807, 2.05) is 19.1 Å². The van der Waals surface area contributed by atoms with E-state index in [1.165, 1.54) is 16.6 Å². The molecule has 0 atom stereocenters. The molecule has 1 aromatic carbocycles. The quantitative estimate of drug-likeness (QED) is 0.873. The summed E-state index contributed by atoms with van der Waals surface area (Å²) in [6.07, 6.45) is 1.39. The largest absolute Gasteiger partial charge is 0.452 e. The third-order valence-electron chi connectivity index (χ3n) is 3.74. The van der Waals surface area contributed by atoms with Crippen LogP contribution in [0.25, 0.3) is 10.9 Å². The minimum atomic E-state index is -0.496. The van der Waals surface area contributed by atoms with Crippen molar-refractivity contribution in [2.75, 3.05) is 18.6 Å². The van der Waals surface area contributed by atoms with Gasteiger partial charge >= 0.3 is 12.1 Å². The molecule has 0 aliphatic carbocycles. The van der Waals surface area contributed by atoms with Gasteiger partial charge < -0.3 is 4.74 Å². The third-order valence-corrected chi connectivity index (χ3v) is 3.74. The molecule has 3 amide bonds. The summed E-state index contributed by atoms with van der Waals surface area (Å²) >= 11 is 0. The summed E-state index contributed by atoms with van der Waals surface area (Å²) in [4.78, 5) is 36.5. The van der Waals surface area contributed by atoms with Crippen molar-refractivity contribution in [2.24, 2.45) is 0 Å². The highest BCUT2D eigenvalue weighted by Crippen LogP contribution is 2.28. The zero-order valence-electron chi connectivity index (χ0n) is 12.3. The van der Waals surface area contributed by atoms with E-state index >= 15 is 0 Å². The number of anilines is 1. The van der Waals surface area contributed by atoms with Crippen LogP contribution in [-0.4, -0.2) is 36.3 Å². The number of nitrogens with zero attached hydrogens (tertiary/aromatic N) is 2. The van der Waals surface area contributed by atoms with Crippen molar-refractivity contribution in [3.8, 4) is 0 Å². The normalized spacial score (nSPS) is 15.1. The number of aromatic nitrogens is 1. The van der Waals surface area contributed by atoms with E-state index in [2.05, 4.69) is 5.32 Å². The van der Waals surface area contributed by atoms with Crippen molar-refractivity contribution >= 4 is 34.6 Å². The van der Waals surface area contributed by atoms with Gasteiger partial charge in [0.1, 0.15) is 0 Å². The Balaban J connectivity index is 2.09. The molecule has 0 radical (unpaired) electrons. The molecule has 2 aromatic rings. The number of aryl methyl sites for hydroxylation is 1. The number of hydrogen-bond donors (Lipinski definition) is 1. The fraction of sp³-hybridized carbons (Fsp3) is 0.267. The minimum absolute atomic E-state index is 0.251. The Bertz CT molecular complexity index is 793. The highest BCUT2D eigenvalue weighted by atomic mass is 16.5. The number of methoxy groups -OCH3 is 1. The lowest BCUT2D eigenvalue weighted by molar-refractivity contribution is -0.120. The van der Waals surface area contributed by atoms with Crippen LogP contribution in [0.5, 0.6) is 0 Å². The Morgan fingerprint density at radius 1 is 1.32 bits per heavy atom. The van der Waals surface area contributed by atoms with Crippen LogP contribution in [0.1, 0.15) is 12.0 Å². The maximum Gasteiger partial charge on any atom is 0.418 e. The molecule has 2 heterocycles. The number of rotatable bonds is 1. The Kier molecular flexibility index (Phi) is 3.32. The number of nitrogens with one attached hydrogen (secondary N) is 1. The third kappa shape index (κ3) is 2.20. The summed E-state index contributed by atoms with van der Waals surface area (Å²) in [5.74, 6) is -0.281. The van der Waals surface area contributed by atoms with E-state index in [-0.39, 0.29) is 12.3 Å². The van der Waals surface area contributed by atoms with Gasteiger partial charge in [-0.2, -0.15) is 0 Å². The Morgan fingerprint density at radius 2 is 2.09 bits per heavy atom. The van der Waals surface area contributed by atoms with Gasteiger partial charge in [0.15, 0.2) is 0 Å². The molecule has 1 aliphatic rings. The Morgan fingerprint density at radius 3 is 2.77 bits per heavy atom. The highest BCUT2D eigenvalue weighted by Gasteiger charge is 2.25. The molecule has 1 aliphatic heterocycles. The van der Waals surface area contributed by atoms with Gasteiger partial charge in [-0.25, -0.2) is 9.59 Å². The maximum absolute atomic E-state index is 12.0. The number of carbonyl (C=O) groups is 3. The fourth-order valence-electron chi connectivity index (χ4n) is 2.63. The van der Waals surface area contributed by atoms with Crippen LogP contribution in [0.15, 0.2) is 24.4 Å². The predicted octanol–water partition coefficient (Wildman–Crippen LogP) is 2.01. The van der Waals surface area contributed by atoms with Crippen molar-refractivity contribution in [2.45, 2.75) is 13.3 Å². The summed E-state index contributed by atoms with van der Waals surface area (Å²) < 4.78 is 6.14. The van der Waals surface area contributed by atoms with E-state index in [1.54, 1.807) is 12.3 Å². The first-order valence-corrected chi connectivity index (χ1v) is 6.82. The molecule has 1 N–H and O–H groups in total. The highest BCUT2D eigenvalue weighted by molar-refractivity contribution is 6.06. The molecule has 1 aromatic heterocycles. The average molecular weight is 301 g/mol. The van der Waals surface area contributed by atoms with Crippen LogP contribution < -0.4 is 10.2 Å². The number of urea groups is 1. The summed E-state index contributed by atoms with van der Waals surface area (Å²) in [7, 11) is 1.31. The SMILES string of the molecule is COC(=O)n1ccc2c(C)cc(N3CCC(=O)NC3=O)cc21. The van der Waals surface area contributed by atoms with Gasteiger partial charge in [-0.1, -0.05) is 0 Å². The zero-order valence-corrected chi connectivity index (χ0v) is 12.3. The molecule has 0 spiro atoms. The number of benzene rings is 1. The molecule has 1 saturated heterocycles. The van der Waals surface area contributed by atoms with Crippen LogP contribution in [0.3, 0.4) is 0 Å². The molecule has 0 saturated carbocycles. The monoisotopic (exact) mass is 301 g/mol. The lowest BCUT2D eigenvalue weighted by Gasteiger charge is -2.27. The van der Waals surface area contributed by atoms with Gasteiger partial charge in [0.05, 0.1) is 12.6 Å². The fourth-order valence-corrected chi connectivity index (χ4v) is 2.63. The Labute approximate surface area is 126 Å². The van der Waals surface area contributed by atoms with Gasteiger partial charge in [-0.15, -0.1) is 0 Å². The number of amides is 3. The smallest absolute Gasteiger partial charge is 0.418 e. The lowest BCUT2D eigenvalue weighted by atomic mass is 10.1. The van der Waals surface area contributed by atoms with Crippen molar-refractivity contribution in [1.82, 2.24) is 9.88 Å². The first-order valence-electron chi connectivity index (χ1n) is 6.82. The van der Waals surface area contributed by atoms with Crippen LogP contribution in [-0.2, 0) is 9.53 Å². The maximum atomic E-state index is 12.0. The van der Waals surface area contributed by atoms with E-state index in [9.17, 15) is 14.4 Å². The minimum Gasteiger partial charge on any atom is -0.452 e. The molecular formula is C15H15N3O4. The summed E-state index contributed by atoms with van der Waals surface area (Å²) in [5, 5.41) is 3.19. The van der Waals surface area contributed by atoms with Crippen LogP contribution in [0, 0.1) is 6.92 Å². The average Bonchev–Trinajstić information content (AvgIpc) is 2.90. The number of ether oxygens (including phenoxy) is 1. The summed E-state index contributed by atoms with van der Waals surface area (Å²) in [5.41, 5.74) is 2.23. The molecule has 0 bridgehead atoms. The second-order valence-corrected chi connectivity index (χ2v) is 5.11. The number of hydrogen-bond acceptors (Lipinski definition) is 4. The van der Waals surface area contributed by atoms with E-state index < -0.39 is 12.1 Å². The number of carbonyl (C=O) groups excluding carboxylic acids is 3. The molecule has 1 fully saturated rings. The standard InChI is InChI=1S/C15H15N3O4/c1-9-7-10(17-6-4-13(19)16-14(17)20)8-12-11(9)3-5-18(12)15(21)22-2/h3,5,7-8H,4,6H2,1-2H3,(H,16,19,20). The second-order valence-electron chi connectivity index (χ2n) is 5.11. The predicted molar refractivity (Wildman–Crippen MR) is 80.0 cm³/mol. The van der Waals surface area contributed by atoms with Crippen LogP contribution in [0.2, 0.25) is 0 Å². The van der Waals surface area contributed by atoms with Crippen LogP contribution in [0.4, 0.5) is 15.3 Å². The van der Waals surface area contributed by atoms with Gasteiger partial charge in [-0.3, -0.25) is 19.6 Å². The van der Waals surface area contributed by atoms with Crippen molar-refractivity contribution in [3.05, 3.63) is 30.0 Å². The van der Waals surface area contributed by atoms with Gasteiger partial charge in [0, 0.05) is 30.2 Å². The van der Waals surface area contributed by atoms with Gasteiger partial charge in [0.25, 0.3) is 0 Å². The lowest BCUT2D eigenvalue weighted by Crippen LogP contribution is -2.49. The van der Waals surface area contributed by atoms with E-state index in [0.717, 1.165) is 10.9 Å². The van der Waals surface area contributed by atoms with Crippen molar-refractivity contribution in [1.29, 1.82) is 0 Å². The molecule has 7 nitrogen and oxygen atoms in total. The molecule has 0 unspecified atom stereocenters. The van der Waals surface area contributed by atoms with E-state index in [0.29, 0.717) is 17.7 Å². The first kappa shape index (κ1) is 14.1. The molecule has 114 valence electrons. The van der Waals surface area contributed by atoms with Gasteiger partial charge in [-0.05, 0) is 30.7 Å².